The summed E-state index contributed by atoms with van der Waals surface area (Å²) in [4.78, 5) is 12.2. The van der Waals surface area contributed by atoms with Crippen LogP contribution in [0.4, 0.5) is 0 Å². The normalized spacial score (nSPS) is 9.83. The summed E-state index contributed by atoms with van der Waals surface area (Å²) in [5.74, 6) is 0.595. The van der Waals surface area contributed by atoms with Gasteiger partial charge in [0.2, 0.25) is 0 Å². The van der Waals surface area contributed by atoms with Crippen LogP contribution in [-0.4, -0.2) is 11.7 Å². The second kappa shape index (κ2) is 4.76. The van der Waals surface area contributed by atoms with Gasteiger partial charge in [-0.1, -0.05) is 12.1 Å². The summed E-state index contributed by atoms with van der Waals surface area (Å²) in [5, 5.41) is 8.91. The molecule has 0 spiro atoms. The van der Waals surface area contributed by atoms with Gasteiger partial charge >= 0.3 is 0 Å². The number of nitrogens with zero attached hydrogens (tertiary/aromatic N) is 2. The molecule has 0 saturated heterocycles. The predicted molar refractivity (Wildman–Crippen MR) is 68.0 cm³/mol. The van der Waals surface area contributed by atoms with Crippen LogP contribution >= 0.6 is 0 Å². The van der Waals surface area contributed by atoms with Gasteiger partial charge in [0.15, 0.2) is 0 Å². The maximum atomic E-state index is 12.2. The van der Waals surface area contributed by atoms with E-state index in [4.69, 9.17) is 10.00 Å². The topological polar surface area (TPSA) is 55.0 Å². The lowest BCUT2D eigenvalue weighted by molar-refractivity contribution is 0.412. The van der Waals surface area contributed by atoms with Crippen molar-refractivity contribution in [2.24, 2.45) is 0 Å². The Hall–Kier alpha value is -2.54. The summed E-state index contributed by atoms with van der Waals surface area (Å²) in [6.45, 7) is 1.81. The highest BCUT2D eigenvalue weighted by Gasteiger charge is 2.11. The van der Waals surface area contributed by atoms with Gasteiger partial charge in [0.25, 0.3) is 5.56 Å². The van der Waals surface area contributed by atoms with E-state index in [-0.39, 0.29) is 11.1 Å². The fraction of sp³-hybridized carbons (Fsp3) is 0.143. The van der Waals surface area contributed by atoms with Gasteiger partial charge in [-0.15, -0.1) is 0 Å². The van der Waals surface area contributed by atoms with Crippen LogP contribution in [0, 0.1) is 18.3 Å². The predicted octanol–water partition coefficient (Wildman–Crippen LogP) is 2.03. The number of aryl methyl sites for hydroxylation is 1. The van der Waals surface area contributed by atoms with Crippen molar-refractivity contribution in [2.45, 2.75) is 6.92 Å². The molecule has 90 valence electrons. The van der Waals surface area contributed by atoms with Crippen LogP contribution in [0.1, 0.15) is 11.3 Å². The molecule has 0 N–H and O–H groups in total. The van der Waals surface area contributed by atoms with Gasteiger partial charge in [0.05, 0.1) is 12.8 Å². The molecule has 1 heterocycles. The van der Waals surface area contributed by atoms with Gasteiger partial charge in [-0.2, -0.15) is 5.26 Å². The first-order valence-electron chi connectivity index (χ1n) is 5.45. The minimum atomic E-state index is -0.331. The molecule has 0 aliphatic rings. The molecule has 0 aliphatic carbocycles. The number of hydrogen-bond donors (Lipinski definition) is 0. The summed E-state index contributed by atoms with van der Waals surface area (Å²) < 4.78 is 6.72. The van der Waals surface area contributed by atoms with Crippen molar-refractivity contribution < 1.29 is 4.74 Å². The van der Waals surface area contributed by atoms with E-state index in [1.54, 1.807) is 25.3 Å². The van der Waals surface area contributed by atoms with E-state index in [0.29, 0.717) is 11.4 Å². The first-order chi connectivity index (χ1) is 8.69. The van der Waals surface area contributed by atoms with Gasteiger partial charge in [-0.25, -0.2) is 0 Å². The zero-order valence-corrected chi connectivity index (χ0v) is 10.2. The SMILES string of the molecule is COc1ccccc1-n1c(C)ccc(C#N)c1=O. The zero-order valence-electron chi connectivity index (χ0n) is 10.2. The number of ether oxygens (including phenoxy) is 1. The van der Waals surface area contributed by atoms with Crippen molar-refractivity contribution >= 4 is 0 Å². The molecule has 0 amide bonds. The summed E-state index contributed by atoms with van der Waals surface area (Å²) >= 11 is 0. The highest BCUT2D eigenvalue weighted by Crippen LogP contribution is 2.21. The van der Waals surface area contributed by atoms with Gasteiger partial charge in [0.1, 0.15) is 17.4 Å². The lowest BCUT2D eigenvalue weighted by Crippen LogP contribution is -2.23. The third kappa shape index (κ3) is 1.87. The quantitative estimate of drug-likeness (QED) is 0.807. The largest absolute Gasteiger partial charge is 0.495 e. The van der Waals surface area contributed by atoms with Crippen LogP contribution in [0.3, 0.4) is 0 Å². The lowest BCUT2D eigenvalue weighted by Gasteiger charge is -2.13. The Morgan fingerprint density at radius 1 is 1.22 bits per heavy atom. The van der Waals surface area contributed by atoms with Gasteiger partial charge in [-0.05, 0) is 31.2 Å². The number of benzene rings is 1. The molecule has 0 aliphatic heterocycles. The molecule has 0 saturated carbocycles. The molecule has 1 aromatic carbocycles. The zero-order chi connectivity index (χ0) is 13.1. The Morgan fingerprint density at radius 3 is 2.61 bits per heavy atom. The average molecular weight is 240 g/mol. The molecular formula is C14H12N2O2. The van der Waals surface area contributed by atoms with Crippen LogP contribution in [-0.2, 0) is 0 Å². The van der Waals surface area contributed by atoms with Crippen molar-refractivity contribution in [1.82, 2.24) is 4.57 Å². The van der Waals surface area contributed by atoms with Gasteiger partial charge < -0.3 is 4.74 Å². The standard InChI is InChI=1S/C14H12N2O2/c1-10-7-8-11(9-15)14(17)16(10)12-5-3-4-6-13(12)18-2/h3-8H,1-2H3. The van der Waals surface area contributed by atoms with Crippen LogP contribution < -0.4 is 10.3 Å². The molecule has 0 unspecified atom stereocenters. The molecule has 0 radical (unpaired) electrons. The number of nitriles is 1. The second-order valence-corrected chi connectivity index (χ2v) is 3.81. The van der Waals surface area contributed by atoms with Crippen LogP contribution in [0.2, 0.25) is 0 Å². The van der Waals surface area contributed by atoms with Gasteiger partial charge in [-0.3, -0.25) is 9.36 Å². The fourth-order valence-corrected chi connectivity index (χ4v) is 1.83. The van der Waals surface area contributed by atoms with E-state index >= 15 is 0 Å². The molecule has 1 aromatic heterocycles. The van der Waals surface area contributed by atoms with Crippen molar-refractivity contribution in [3.63, 3.8) is 0 Å². The van der Waals surface area contributed by atoms with Crippen LogP contribution in [0.25, 0.3) is 5.69 Å². The molecular weight excluding hydrogens is 228 g/mol. The van der Waals surface area contributed by atoms with Gasteiger partial charge in [0, 0.05) is 5.69 Å². The van der Waals surface area contributed by atoms with E-state index in [0.717, 1.165) is 5.69 Å². The molecule has 0 atom stereocenters. The number of para-hydroxylation sites is 2. The number of hydrogen-bond acceptors (Lipinski definition) is 3. The Balaban J connectivity index is 2.80. The fourth-order valence-electron chi connectivity index (χ4n) is 1.83. The molecule has 2 aromatic rings. The van der Waals surface area contributed by atoms with E-state index < -0.39 is 0 Å². The third-order valence-corrected chi connectivity index (χ3v) is 2.72. The summed E-state index contributed by atoms with van der Waals surface area (Å²) in [7, 11) is 1.55. The second-order valence-electron chi connectivity index (χ2n) is 3.81. The Morgan fingerprint density at radius 2 is 1.94 bits per heavy atom. The van der Waals surface area contributed by atoms with E-state index in [1.807, 2.05) is 25.1 Å². The molecule has 0 fully saturated rings. The Kier molecular flexibility index (Phi) is 3.16. The average Bonchev–Trinajstić information content (AvgIpc) is 2.39. The molecule has 2 rings (SSSR count). The Bertz CT molecular complexity index is 681. The number of aromatic nitrogens is 1. The summed E-state index contributed by atoms with van der Waals surface area (Å²) in [6, 6.07) is 12.4. The lowest BCUT2D eigenvalue weighted by atomic mass is 10.2. The highest BCUT2D eigenvalue weighted by molar-refractivity contribution is 5.48. The van der Waals surface area contributed by atoms with E-state index in [9.17, 15) is 4.79 Å². The minimum Gasteiger partial charge on any atom is -0.495 e. The summed E-state index contributed by atoms with van der Waals surface area (Å²) in [6.07, 6.45) is 0. The number of pyridine rings is 1. The maximum Gasteiger partial charge on any atom is 0.273 e. The Labute approximate surface area is 105 Å². The van der Waals surface area contributed by atoms with E-state index in [2.05, 4.69) is 0 Å². The van der Waals surface area contributed by atoms with Crippen LogP contribution in [0.15, 0.2) is 41.2 Å². The molecule has 0 bridgehead atoms. The van der Waals surface area contributed by atoms with Crippen LogP contribution in [0.5, 0.6) is 5.75 Å². The van der Waals surface area contributed by atoms with E-state index in [1.165, 1.54) is 10.6 Å². The first-order valence-corrected chi connectivity index (χ1v) is 5.45. The highest BCUT2D eigenvalue weighted by atomic mass is 16.5. The molecule has 4 nitrogen and oxygen atoms in total. The maximum absolute atomic E-state index is 12.2. The number of rotatable bonds is 2. The van der Waals surface area contributed by atoms with Crippen molar-refractivity contribution in [2.75, 3.05) is 7.11 Å². The minimum absolute atomic E-state index is 0.117. The first kappa shape index (κ1) is 11.9. The van der Waals surface area contributed by atoms with Crippen molar-refractivity contribution in [1.29, 1.82) is 5.26 Å². The molecule has 4 heteroatoms. The number of methoxy groups -OCH3 is 1. The van der Waals surface area contributed by atoms with Crippen molar-refractivity contribution in [3.8, 4) is 17.5 Å². The van der Waals surface area contributed by atoms with Crippen molar-refractivity contribution in [3.05, 3.63) is 58.0 Å². The summed E-state index contributed by atoms with van der Waals surface area (Å²) in [5.41, 5.74) is 1.18. The third-order valence-electron chi connectivity index (χ3n) is 2.72. The monoisotopic (exact) mass is 240 g/mol. The molecule has 18 heavy (non-hydrogen) atoms. The smallest absolute Gasteiger partial charge is 0.273 e.